The maximum atomic E-state index is 12.7. The third-order valence-corrected chi connectivity index (χ3v) is 5.97. The van der Waals surface area contributed by atoms with Crippen LogP contribution in [0.2, 0.25) is 0 Å². The SMILES string of the molecule is CC(C)N(C(C)C)S(=O)N1CSc2ccccc21. The molecule has 1 aliphatic heterocycles. The van der Waals surface area contributed by atoms with Gasteiger partial charge in [-0.15, -0.1) is 11.8 Å². The van der Waals surface area contributed by atoms with Crippen molar-refractivity contribution < 1.29 is 4.21 Å². The van der Waals surface area contributed by atoms with E-state index < -0.39 is 11.2 Å². The molecule has 0 amide bonds. The summed E-state index contributed by atoms with van der Waals surface area (Å²) in [6.45, 7) is 8.36. The second-order valence-corrected chi connectivity index (χ2v) is 7.21. The lowest BCUT2D eigenvalue weighted by molar-refractivity contribution is 0.320. The Morgan fingerprint density at radius 1 is 1.22 bits per heavy atom. The van der Waals surface area contributed by atoms with Crippen LogP contribution < -0.4 is 4.31 Å². The molecule has 0 aliphatic carbocycles. The first kappa shape index (κ1) is 13.9. The molecule has 0 fully saturated rings. The van der Waals surface area contributed by atoms with E-state index in [1.165, 1.54) is 4.90 Å². The number of para-hydroxylation sites is 1. The third-order valence-electron chi connectivity index (χ3n) is 2.86. The first-order valence-corrected chi connectivity index (χ1v) is 8.27. The van der Waals surface area contributed by atoms with Crippen LogP contribution in [0.25, 0.3) is 0 Å². The minimum absolute atomic E-state index is 0.267. The Balaban J connectivity index is 2.25. The van der Waals surface area contributed by atoms with Crippen molar-refractivity contribution in [2.45, 2.75) is 44.7 Å². The number of hydrogen-bond acceptors (Lipinski definition) is 2. The van der Waals surface area contributed by atoms with Gasteiger partial charge in [0.1, 0.15) is 0 Å². The maximum absolute atomic E-state index is 12.7. The molecular formula is C13H20N2OS2. The lowest BCUT2D eigenvalue weighted by Crippen LogP contribution is -2.45. The van der Waals surface area contributed by atoms with Gasteiger partial charge in [0.25, 0.3) is 0 Å². The molecule has 1 atom stereocenters. The number of benzene rings is 1. The van der Waals surface area contributed by atoms with Gasteiger partial charge in [-0.05, 0) is 39.8 Å². The molecule has 2 rings (SSSR count). The number of rotatable bonds is 4. The van der Waals surface area contributed by atoms with Gasteiger partial charge in [-0.3, -0.25) is 4.31 Å². The Morgan fingerprint density at radius 2 is 1.83 bits per heavy atom. The number of thioether (sulfide) groups is 1. The van der Waals surface area contributed by atoms with Gasteiger partial charge >= 0.3 is 0 Å². The highest BCUT2D eigenvalue weighted by atomic mass is 32.2. The van der Waals surface area contributed by atoms with Gasteiger partial charge in [-0.2, -0.15) is 0 Å². The average Bonchev–Trinajstić information content (AvgIpc) is 2.71. The van der Waals surface area contributed by atoms with E-state index in [1.54, 1.807) is 11.8 Å². The Kier molecular flexibility index (Phi) is 4.35. The lowest BCUT2D eigenvalue weighted by atomic mass is 10.3. The van der Waals surface area contributed by atoms with Crippen LogP contribution >= 0.6 is 11.8 Å². The van der Waals surface area contributed by atoms with Crippen molar-refractivity contribution in [2.75, 3.05) is 10.2 Å². The van der Waals surface area contributed by atoms with E-state index in [-0.39, 0.29) is 12.1 Å². The second-order valence-electron chi connectivity index (χ2n) is 4.90. The van der Waals surface area contributed by atoms with Crippen LogP contribution in [0.3, 0.4) is 0 Å². The van der Waals surface area contributed by atoms with Crippen molar-refractivity contribution in [1.29, 1.82) is 0 Å². The second kappa shape index (κ2) is 5.63. The molecule has 1 heterocycles. The van der Waals surface area contributed by atoms with Crippen LogP contribution in [0.1, 0.15) is 27.7 Å². The zero-order valence-electron chi connectivity index (χ0n) is 11.3. The largest absolute Gasteiger partial charge is 0.267 e. The van der Waals surface area contributed by atoms with E-state index >= 15 is 0 Å². The maximum Gasteiger partial charge on any atom is 0.200 e. The number of nitrogens with zero attached hydrogens (tertiary/aromatic N) is 2. The molecule has 5 heteroatoms. The fourth-order valence-corrected chi connectivity index (χ4v) is 4.93. The summed E-state index contributed by atoms with van der Waals surface area (Å²) in [5.74, 6) is 0.766. The molecule has 0 spiro atoms. The van der Waals surface area contributed by atoms with E-state index in [0.717, 1.165) is 11.6 Å². The molecule has 0 N–H and O–H groups in total. The first-order valence-electron chi connectivity index (χ1n) is 6.22. The smallest absolute Gasteiger partial charge is 0.200 e. The summed E-state index contributed by atoms with van der Waals surface area (Å²) < 4.78 is 16.8. The zero-order valence-corrected chi connectivity index (χ0v) is 12.9. The standard InChI is InChI=1S/C13H20N2OS2/c1-10(2)15(11(3)4)18(16)14-9-17-13-8-6-5-7-12(13)14/h5-8,10-11H,9H2,1-4H3. The van der Waals surface area contributed by atoms with Crippen molar-refractivity contribution in [3.05, 3.63) is 24.3 Å². The Bertz CT molecular complexity index is 440. The van der Waals surface area contributed by atoms with Gasteiger partial charge in [-0.1, -0.05) is 12.1 Å². The molecular weight excluding hydrogens is 264 g/mol. The molecule has 0 aromatic heterocycles. The molecule has 1 aliphatic rings. The number of fused-ring (bicyclic) bond motifs is 1. The first-order chi connectivity index (χ1) is 8.52. The fourth-order valence-electron chi connectivity index (χ4n) is 2.18. The Hall–Kier alpha value is -0.520. The molecule has 0 radical (unpaired) electrons. The minimum Gasteiger partial charge on any atom is -0.267 e. The normalized spacial score (nSPS) is 16.7. The molecule has 0 bridgehead atoms. The van der Waals surface area contributed by atoms with Crippen LogP contribution in [-0.2, 0) is 11.2 Å². The number of anilines is 1. The summed E-state index contributed by atoms with van der Waals surface area (Å²) in [7, 11) is 0. The van der Waals surface area contributed by atoms with Crippen LogP contribution in [0.5, 0.6) is 0 Å². The van der Waals surface area contributed by atoms with Crippen molar-refractivity contribution in [1.82, 2.24) is 4.31 Å². The zero-order chi connectivity index (χ0) is 13.3. The predicted molar refractivity (Wildman–Crippen MR) is 79.9 cm³/mol. The van der Waals surface area contributed by atoms with E-state index in [0.29, 0.717) is 0 Å². The van der Waals surface area contributed by atoms with Gasteiger partial charge in [0, 0.05) is 17.0 Å². The van der Waals surface area contributed by atoms with Gasteiger partial charge in [0.05, 0.1) is 11.6 Å². The van der Waals surface area contributed by atoms with Gasteiger partial charge in [0.15, 0.2) is 11.2 Å². The molecule has 0 saturated carbocycles. The van der Waals surface area contributed by atoms with Crippen molar-refractivity contribution in [3.63, 3.8) is 0 Å². The van der Waals surface area contributed by atoms with Crippen molar-refractivity contribution in [2.24, 2.45) is 0 Å². The summed E-state index contributed by atoms with van der Waals surface area (Å²) in [6, 6.07) is 8.70. The van der Waals surface area contributed by atoms with Crippen LogP contribution in [0.4, 0.5) is 5.69 Å². The van der Waals surface area contributed by atoms with Crippen LogP contribution in [-0.4, -0.2) is 26.5 Å². The summed E-state index contributed by atoms with van der Waals surface area (Å²) in [4.78, 5) is 1.22. The highest BCUT2D eigenvalue weighted by Gasteiger charge is 2.30. The van der Waals surface area contributed by atoms with Crippen molar-refractivity contribution >= 4 is 28.6 Å². The van der Waals surface area contributed by atoms with E-state index in [1.807, 2.05) is 26.8 Å². The quantitative estimate of drug-likeness (QED) is 0.847. The topological polar surface area (TPSA) is 23.6 Å². The minimum atomic E-state index is -1.11. The molecule has 1 unspecified atom stereocenters. The molecule has 100 valence electrons. The molecule has 1 aromatic rings. The van der Waals surface area contributed by atoms with Crippen molar-refractivity contribution in [3.8, 4) is 0 Å². The van der Waals surface area contributed by atoms with Gasteiger partial charge in [-0.25, -0.2) is 8.51 Å². The summed E-state index contributed by atoms with van der Waals surface area (Å²) in [5.41, 5.74) is 1.09. The highest BCUT2D eigenvalue weighted by Crippen LogP contribution is 2.39. The predicted octanol–water partition coefficient (Wildman–Crippen LogP) is 3.25. The summed E-state index contributed by atoms with van der Waals surface area (Å²) >= 11 is 0.642. The van der Waals surface area contributed by atoms with Crippen LogP contribution in [0, 0.1) is 0 Å². The average molecular weight is 284 g/mol. The van der Waals surface area contributed by atoms with Gasteiger partial charge < -0.3 is 0 Å². The Labute approximate surface area is 116 Å². The molecule has 1 aromatic carbocycles. The molecule has 0 saturated heterocycles. The van der Waals surface area contributed by atoms with E-state index in [4.69, 9.17) is 0 Å². The summed E-state index contributed by atoms with van der Waals surface area (Å²) in [6.07, 6.45) is 0. The summed E-state index contributed by atoms with van der Waals surface area (Å²) in [5, 5.41) is 0. The Morgan fingerprint density at radius 3 is 2.44 bits per heavy atom. The van der Waals surface area contributed by atoms with Gasteiger partial charge in [0.2, 0.25) is 0 Å². The van der Waals surface area contributed by atoms with E-state index in [9.17, 15) is 4.21 Å². The monoisotopic (exact) mass is 284 g/mol. The fraction of sp³-hybridized carbons (Fsp3) is 0.538. The van der Waals surface area contributed by atoms with E-state index in [2.05, 4.69) is 33.8 Å². The third kappa shape index (κ3) is 2.58. The lowest BCUT2D eigenvalue weighted by Gasteiger charge is -2.32. The van der Waals surface area contributed by atoms with Crippen LogP contribution in [0.15, 0.2) is 29.2 Å². The molecule has 18 heavy (non-hydrogen) atoms. The number of hydrogen-bond donors (Lipinski definition) is 0. The highest BCUT2D eigenvalue weighted by molar-refractivity contribution is 8.01. The molecule has 3 nitrogen and oxygen atoms in total.